The summed E-state index contributed by atoms with van der Waals surface area (Å²) in [7, 11) is 4.27. The van der Waals surface area contributed by atoms with Crippen molar-refractivity contribution in [2.24, 2.45) is 0 Å². The highest BCUT2D eigenvalue weighted by atomic mass is 32.2. The van der Waals surface area contributed by atoms with Crippen molar-refractivity contribution in [3.8, 4) is 0 Å². The van der Waals surface area contributed by atoms with E-state index in [2.05, 4.69) is 73.6 Å². The van der Waals surface area contributed by atoms with Gasteiger partial charge in [0.15, 0.2) is 0 Å². The molecule has 1 aromatic rings. The Kier molecular flexibility index (Phi) is 5.01. The van der Waals surface area contributed by atoms with Gasteiger partial charge in [0.2, 0.25) is 0 Å². The van der Waals surface area contributed by atoms with Gasteiger partial charge < -0.3 is 4.90 Å². The predicted octanol–water partition coefficient (Wildman–Crippen LogP) is 4.94. The molecule has 1 aliphatic carbocycles. The van der Waals surface area contributed by atoms with E-state index in [1.54, 1.807) is 0 Å². The summed E-state index contributed by atoms with van der Waals surface area (Å²) in [5.41, 5.74) is 5.65. The van der Waals surface area contributed by atoms with E-state index < -0.39 is 0 Å². The first kappa shape index (κ1) is 15.4. The minimum Gasteiger partial charge on any atom is -0.309 e. The lowest BCUT2D eigenvalue weighted by Crippen LogP contribution is -2.12. The van der Waals surface area contributed by atoms with Gasteiger partial charge >= 0.3 is 0 Å². The van der Waals surface area contributed by atoms with Crippen molar-refractivity contribution in [1.29, 1.82) is 0 Å². The van der Waals surface area contributed by atoms with E-state index in [-0.39, 0.29) is 0 Å². The summed E-state index contributed by atoms with van der Waals surface area (Å²) in [6.45, 7) is 1.08. The van der Waals surface area contributed by atoms with Crippen LogP contribution < -0.4 is 0 Å². The Morgan fingerprint density at radius 1 is 1.14 bits per heavy atom. The molecule has 0 unspecified atom stereocenters. The molecule has 1 aliphatic heterocycles. The van der Waals surface area contributed by atoms with Gasteiger partial charge in [0, 0.05) is 17.2 Å². The number of rotatable bonds is 3. The number of fused-ring (bicyclic) bond motifs is 1. The molecule has 0 saturated heterocycles. The van der Waals surface area contributed by atoms with E-state index in [4.69, 9.17) is 0 Å². The van der Waals surface area contributed by atoms with Gasteiger partial charge in [0.25, 0.3) is 0 Å². The molecule has 1 nitrogen and oxygen atoms in total. The van der Waals surface area contributed by atoms with E-state index in [0.717, 1.165) is 25.1 Å². The Bertz CT molecular complexity index is 662. The van der Waals surface area contributed by atoms with Crippen molar-refractivity contribution in [3.63, 3.8) is 0 Å². The molecule has 0 saturated carbocycles. The molecular weight excluding hydrogens is 286 g/mol. The van der Waals surface area contributed by atoms with Crippen molar-refractivity contribution in [3.05, 3.63) is 71.4 Å². The SMILES string of the molecule is CN(C)CC/C=C1/C2=C(C=CCC=C2)CSc2ccccc21. The number of allylic oxidation sites excluding steroid dienone is 6. The van der Waals surface area contributed by atoms with Crippen molar-refractivity contribution in [1.82, 2.24) is 4.90 Å². The zero-order chi connectivity index (χ0) is 15.4. The molecule has 2 heteroatoms. The molecular formula is C20H23NS. The van der Waals surface area contributed by atoms with Crippen LogP contribution in [0.15, 0.2) is 70.7 Å². The second-order valence-corrected chi connectivity index (χ2v) is 6.99. The van der Waals surface area contributed by atoms with Crippen LogP contribution in [0.25, 0.3) is 5.57 Å². The molecule has 0 aromatic heterocycles. The number of thioether (sulfide) groups is 1. The summed E-state index contributed by atoms with van der Waals surface area (Å²) in [6, 6.07) is 8.81. The van der Waals surface area contributed by atoms with Gasteiger partial charge in [-0.25, -0.2) is 0 Å². The van der Waals surface area contributed by atoms with E-state index in [1.165, 1.54) is 27.2 Å². The van der Waals surface area contributed by atoms with Crippen LogP contribution >= 0.6 is 11.8 Å². The van der Waals surface area contributed by atoms with Gasteiger partial charge in [0.1, 0.15) is 0 Å². The molecule has 0 atom stereocenters. The zero-order valence-corrected chi connectivity index (χ0v) is 14.2. The highest BCUT2D eigenvalue weighted by molar-refractivity contribution is 7.99. The molecule has 22 heavy (non-hydrogen) atoms. The van der Waals surface area contributed by atoms with E-state index in [9.17, 15) is 0 Å². The van der Waals surface area contributed by atoms with Gasteiger partial charge in [-0.05, 0) is 55.3 Å². The highest BCUT2D eigenvalue weighted by Crippen LogP contribution is 2.40. The first-order chi connectivity index (χ1) is 10.8. The third-order valence-electron chi connectivity index (χ3n) is 4.00. The molecule has 0 amide bonds. The average molecular weight is 309 g/mol. The van der Waals surface area contributed by atoms with Crippen LogP contribution in [0.5, 0.6) is 0 Å². The Labute approximate surface area is 138 Å². The third kappa shape index (κ3) is 3.45. The van der Waals surface area contributed by atoms with Crippen LogP contribution in [0, 0.1) is 0 Å². The highest BCUT2D eigenvalue weighted by Gasteiger charge is 2.18. The predicted molar refractivity (Wildman–Crippen MR) is 98.2 cm³/mol. The van der Waals surface area contributed by atoms with Gasteiger partial charge in [-0.2, -0.15) is 0 Å². The third-order valence-corrected chi connectivity index (χ3v) is 5.12. The molecule has 0 N–H and O–H groups in total. The molecule has 3 rings (SSSR count). The lowest BCUT2D eigenvalue weighted by Gasteiger charge is -2.13. The summed E-state index contributed by atoms with van der Waals surface area (Å²) in [4.78, 5) is 3.64. The van der Waals surface area contributed by atoms with Crippen LogP contribution in [0.3, 0.4) is 0 Å². The molecule has 0 spiro atoms. The Hall–Kier alpha value is -1.51. The number of hydrogen-bond acceptors (Lipinski definition) is 2. The fraction of sp³-hybridized carbons (Fsp3) is 0.300. The lowest BCUT2D eigenvalue weighted by atomic mass is 9.93. The minimum atomic E-state index is 1.03. The molecule has 114 valence electrons. The van der Waals surface area contributed by atoms with Crippen molar-refractivity contribution < 1.29 is 0 Å². The summed E-state index contributed by atoms with van der Waals surface area (Å²) < 4.78 is 0. The topological polar surface area (TPSA) is 3.24 Å². The lowest BCUT2D eigenvalue weighted by molar-refractivity contribution is 0.417. The van der Waals surface area contributed by atoms with E-state index in [0.29, 0.717) is 0 Å². The molecule has 1 heterocycles. The van der Waals surface area contributed by atoms with Crippen molar-refractivity contribution >= 4 is 17.3 Å². The van der Waals surface area contributed by atoms with Crippen LogP contribution in [-0.4, -0.2) is 31.3 Å². The Morgan fingerprint density at radius 3 is 2.82 bits per heavy atom. The normalized spacial score (nSPS) is 19.1. The van der Waals surface area contributed by atoms with Gasteiger partial charge in [0.05, 0.1) is 0 Å². The van der Waals surface area contributed by atoms with Gasteiger partial charge in [-0.3, -0.25) is 0 Å². The standard InChI is InChI=1S/C20H23NS/c1-21(2)14-8-12-18-17-10-5-3-4-9-16(17)15-22-20-13-7-6-11-19(18)20/h4-7,9-13H,3,8,14-15H2,1-2H3/b18-12-. The number of hydrogen-bond donors (Lipinski definition) is 0. The summed E-state index contributed by atoms with van der Waals surface area (Å²) >= 11 is 1.95. The maximum absolute atomic E-state index is 2.42. The van der Waals surface area contributed by atoms with E-state index >= 15 is 0 Å². The first-order valence-electron chi connectivity index (χ1n) is 7.89. The smallest absolute Gasteiger partial charge is 0.0238 e. The molecule has 0 bridgehead atoms. The fourth-order valence-electron chi connectivity index (χ4n) is 2.86. The Morgan fingerprint density at radius 2 is 1.95 bits per heavy atom. The molecule has 2 aliphatic rings. The van der Waals surface area contributed by atoms with Crippen LogP contribution in [0.2, 0.25) is 0 Å². The summed E-state index contributed by atoms with van der Waals surface area (Å²) in [6.07, 6.45) is 13.7. The Balaban J connectivity index is 2.06. The molecule has 0 fully saturated rings. The van der Waals surface area contributed by atoms with Crippen molar-refractivity contribution in [2.45, 2.75) is 17.7 Å². The fourth-order valence-corrected chi connectivity index (χ4v) is 3.93. The van der Waals surface area contributed by atoms with Crippen LogP contribution in [-0.2, 0) is 0 Å². The van der Waals surface area contributed by atoms with Crippen LogP contribution in [0.1, 0.15) is 18.4 Å². The first-order valence-corrected chi connectivity index (χ1v) is 8.88. The van der Waals surface area contributed by atoms with Crippen molar-refractivity contribution in [2.75, 3.05) is 26.4 Å². The number of nitrogens with zero attached hydrogens (tertiary/aromatic N) is 1. The largest absolute Gasteiger partial charge is 0.309 e. The van der Waals surface area contributed by atoms with Crippen LogP contribution in [0.4, 0.5) is 0 Å². The van der Waals surface area contributed by atoms with Gasteiger partial charge in [-0.15, -0.1) is 11.8 Å². The second-order valence-electron chi connectivity index (χ2n) is 5.97. The summed E-state index contributed by atoms with van der Waals surface area (Å²) in [5.74, 6) is 1.05. The van der Waals surface area contributed by atoms with E-state index in [1.807, 2.05) is 11.8 Å². The average Bonchev–Trinajstić information content (AvgIpc) is 2.81. The number of benzene rings is 1. The van der Waals surface area contributed by atoms with Gasteiger partial charge in [-0.1, -0.05) is 48.6 Å². The summed E-state index contributed by atoms with van der Waals surface area (Å²) in [5, 5.41) is 0. The minimum absolute atomic E-state index is 1.03. The maximum Gasteiger partial charge on any atom is 0.0238 e. The quantitative estimate of drug-likeness (QED) is 0.778. The maximum atomic E-state index is 2.42. The second kappa shape index (κ2) is 7.17. The molecule has 1 aromatic carbocycles. The molecule has 0 radical (unpaired) electrons. The monoisotopic (exact) mass is 309 g/mol. The zero-order valence-electron chi connectivity index (χ0n) is 13.4.